The number of anilines is 1. The maximum Gasteiger partial charge on any atom is 0.352 e. The number of hydrogen-bond acceptors (Lipinski definition) is 16. The molecule has 22 heteroatoms. The van der Waals surface area contributed by atoms with E-state index in [-0.39, 0.29) is 43.4 Å². The second-order valence-electron chi connectivity index (χ2n) is 9.49. The maximum atomic E-state index is 13.4. The summed E-state index contributed by atoms with van der Waals surface area (Å²) in [5.74, 6) is -7.35. The molecule has 1 unspecified atom stereocenters. The van der Waals surface area contributed by atoms with Gasteiger partial charge < -0.3 is 41.4 Å². The molecule has 0 saturated carbocycles. The maximum absolute atomic E-state index is 13.4. The summed E-state index contributed by atoms with van der Waals surface area (Å²) < 4.78 is 2.45. The van der Waals surface area contributed by atoms with Crippen molar-refractivity contribution in [1.82, 2.24) is 19.6 Å². The van der Waals surface area contributed by atoms with Crippen molar-refractivity contribution in [3.8, 4) is 11.5 Å². The molecule has 9 N–H and O–H groups in total. The van der Waals surface area contributed by atoms with E-state index in [1.165, 1.54) is 5.38 Å². The molecule has 0 aliphatic carbocycles. The van der Waals surface area contributed by atoms with Crippen LogP contribution in [0.2, 0.25) is 0 Å². The number of fused-ring (bicyclic) bond motifs is 1. The van der Waals surface area contributed by atoms with Crippen molar-refractivity contribution < 1.29 is 54.3 Å². The standard InChI is InChI=1S/C25H20N6O12S4/c26-25-27-9(6-46-25)13(29-43-16(23(41)42)7-1-2-10(32)11(33)3-7)18(35)28-14-19(36)31-15(22(39)40)8(4-44-20(14)31)5-45-24-12(21(37)38)17(34)30-47-24/h1-3,6,14,16,20,32-33H,4-5H2,(H2,26,27)(H,28,35)(H,30,34)(H,37,38)(H,39,40)(H,41,42)/b29-13+/t14-,16?,20-/m1/s1. The third-order valence-corrected chi connectivity index (χ3v) is 10.8. The fourth-order valence-corrected chi connectivity index (χ4v) is 8.39. The molecule has 2 aromatic heterocycles. The van der Waals surface area contributed by atoms with Crippen LogP contribution in [0.3, 0.4) is 0 Å². The Balaban J connectivity index is 1.36. The van der Waals surface area contributed by atoms with E-state index in [1.807, 2.05) is 0 Å². The van der Waals surface area contributed by atoms with Gasteiger partial charge in [-0.3, -0.25) is 23.7 Å². The molecular weight excluding hydrogens is 705 g/mol. The molecule has 1 fully saturated rings. The van der Waals surface area contributed by atoms with Crippen LogP contribution in [-0.2, 0) is 24.0 Å². The molecule has 0 spiro atoms. The number of H-pyrrole nitrogens is 1. The highest BCUT2D eigenvalue weighted by atomic mass is 32.2. The highest BCUT2D eigenvalue weighted by molar-refractivity contribution is 8.02. The number of nitrogen functional groups attached to an aromatic ring is 1. The van der Waals surface area contributed by atoms with E-state index in [2.05, 4.69) is 19.8 Å². The van der Waals surface area contributed by atoms with Crippen molar-refractivity contribution in [3.63, 3.8) is 0 Å². The molecule has 5 rings (SSSR count). The molecule has 2 aliphatic heterocycles. The number of benzene rings is 1. The lowest BCUT2D eigenvalue weighted by atomic mass is 10.0. The van der Waals surface area contributed by atoms with Crippen molar-refractivity contribution in [2.75, 3.05) is 17.2 Å². The van der Waals surface area contributed by atoms with Gasteiger partial charge in [-0.15, -0.1) is 34.9 Å². The van der Waals surface area contributed by atoms with Crippen LogP contribution in [0.4, 0.5) is 5.13 Å². The molecule has 3 atom stereocenters. The number of oxime groups is 1. The van der Waals surface area contributed by atoms with Crippen LogP contribution in [0.5, 0.6) is 11.5 Å². The first kappa shape index (κ1) is 33.3. The lowest BCUT2D eigenvalue weighted by molar-refractivity contribution is -0.151. The van der Waals surface area contributed by atoms with Crippen LogP contribution in [0.25, 0.3) is 0 Å². The van der Waals surface area contributed by atoms with Gasteiger partial charge in [0.2, 0.25) is 6.10 Å². The van der Waals surface area contributed by atoms with Gasteiger partial charge in [0, 0.05) is 22.4 Å². The second-order valence-corrected chi connectivity index (χ2v) is 13.5. The number of thioether (sulfide) groups is 2. The number of aromatic hydroxyl groups is 2. The van der Waals surface area contributed by atoms with Gasteiger partial charge in [-0.25, -0.2) is 19.4 Å². The molecule has 0 radical (unpaired) electrons. The van der Waals surface area contributed by atoms with E-state index >= 15 is 0 Å². The van der Waals surface area contributed by atoms with Gasteiger partial charge in [-0.2, -0.15) is 0 Å². The SMILES string of the molecule is Nc1nc(/C(=N\OC(C(=O)O)c2ccc(O)c(O)c2)C(=O)N[C@@H]2C(=O)N3C(C(=O)O)=C(CSc4s[nH]c(=O)c4C(=O)O)CS[C@H]23)cs1. The highest BCUT2D eigenvalue weighted by Crippen LogP contribution is 2.42. The van der Waals surface area contributed by atoms with Crippen LogP contribution in [0.1, 0.15) is 27.7 Å². The van der Waals surface area contributed by atoms with Crippen LogP contribution in [0, 0.1) is 0 Å². The molecule has 18 nitrogen and oxygen atoms in total. The van der Waals surface area contributed by atoms with Gasteiger partial charge in [0.05, 0.1) is 4.21 Å². The number of nitrogens with zero attached hydrogens (tertiary/aromatic N) is 3. The number of carboxylic acid groups (broad SMARTS) is 3. The Morgan fingerprint density at radius 2 is 1.91 bits per heavy atom. The number of β-lactam (4-membered cyclic amide) rings is 1. The summed E-state index contributed by atoms with van der Waals surface area (Å²) in [6.45, 7) is 0. The Morgan fingerprint density at radius 1 is 1.17 bits per heavy atom. The summed E-state index contributed by atoms with van der Waals surface area (Å²) in [6.07, 6.45) is -1.85. The minimum atomic E-state index is -1.85. The van der Waals surface area contributed by atoms with Crippen molar-refractivity contribution in [3.05, 3.63) is 62.0 Å². The summed E-state index contributed by atoms with van der Waals surface area (Å²) in [6, 6.07) is 1.86. The molecule has 246 valence electrons. The lowest BCUT2D eigenvalue weighted by Crippen LogP contribution is -2.71. The first-order chi connectivity index (χ1) is 22.3. The molecule has 1 saturated heterocycles. The van der Waals surface area contributed by atoms with Gasteiger partial charge in [0.1, 0.15) is 22.8 Å². The molecule has 1 aromatic carbocycles. The smallest absolute Gasteiger partial charge is 0.352 e. The van der Waals surface area contributed by atoms with Crippen molar-refractivity contribution >= 4 is 87.0 Å². The van der Waals surface area contributed by atoms with E-state index in [9.17, 15) is 54.3 Å². The fourth-order valence-electron chi connectivity index (χ4n) is 4.39. The Hall–Kier alpha value is -5.06. The Labute approximate surface area is 277 Å². The average molecular weight is 725 g/mol. The molecular formula is C25H20N6O12S4. The second kappa shape index (κ2) is 13.4. The third kappa shape index (κ3) is 6.61. The van der Waals surface area contributed by atoms with E-state index in [4.69, 9.17) is 10.6 Å². The van der Waals surface area contributed by atoms with Crippen LogP contribution in [0.15, 0.2) is 49.0 Å². The number of aromatic amines is 1. The Kier molecular flexibility index (Phi) is 9.46. The average Bonchev–Trinajstić information content (AvgIpc) is 3.62. The highest BCUT2D eigenvalue weighted by Gasteiger charge is 2.54. The van der Waals surface area contributed by atoms with Gasteiger partial charge >= 0.3 is 17.9 Å². The van der Waals surface area contributed by atoms with Crippen LogP contribution in [-0.4, -0.2) is 98.1 Å². The van der Waals surface area contributed by atoms with E-state index in [0.29, 0.717) is 0 Å². The predicted molar refractivity (Wildman–Crippen MR) is 167 cm³/mol. The number of amides is 2. The van der Waals surface area contributed by atoms with Gasteiger partial charge in [-0.1, -0.05) is 22.8 Å². The summed E-state index contributed by atoms with van der Waals surface area (Å²) in [4.78, 5) is 84.2. The number of phenols is 2. The minimum absolute atomic E-state index is 0.0245. The quantitative estimate of drug-likeness (QED) is 0.0418. The number of thiazole rings is 1. The number of aromatic carboxylic acids is 1. The molecule has 4 heterocycles. The normalized spacial score (nSPS) is 18.3. The van der Waals surface area contributed by atoms with Gasteiger partial charge in [-0.05, 0) is 17.7 Å². The molecule has 2 amide bonds. The first-order valence-corrected chi connectivity index (χ1v) is 16.5. The van der Waals surface area contributed by atoms with Gasteiger partial charge in [0.15, 0.2) is 27.9 Å². The monoisotopic (exact) mass is 724 g/mol. The van der Waals surface area contributed by atoms with Gasteiger partial charge in [0.25, 0.3) is 17.4 Å². The van der Waals surface area contributed by atoms with Crippen molar-refractivity contribution in [2.45, 2.75) is 21.7 Å². The number of carboxylic acids is 3. The molecule has 3 aromatic rings. The first-order valence-electron chi connectivity index (χ1n) is 12.8. The Bertz CT molecular complexity index is 1930. The zero-order valence-corrected chi connectivity index (χ0v) is 26.4. The van der Waals surface area contributed by atoms with Crippen LogP contribution >= 0.6 is 46.4 Å². The van der Waals surface area contributed by atoms with Crippen LogP contribution < -0.4 is 16.6 Å². The third-order valence-electron chi connectivity index (χ3n) is 6.55. The number of aromatic nitrogens is 2. The summed E-state index contributed by atoms with van der Waals surface area (Å²) in [5.41, 5.74) is 3.55. The number of rotatable bonds is 12. The summed E-state index contributed by atoms with van der Waals surface area (Å²) in [5, 5.41) is 54.9. The molecule has 0 bridgehead atoms. The molecule has 2 aliphatic rings. The predicted octanol–water partition coefficient (Wildman–Crippen LogP) is 0.662. The van der Waals surface area contributed by atoms with E-state index in [0.717, 1.165) is 69.5 Å². The van der Waals surface area contributed by atoms with E-state index < -0.39 is 75.6 Å². The number of hydrogen-bond donors (Lipinski definition) is 8. The number of nitrogens with one attached hydrogen (secondary N) is 2. The number of phenolic OH excluding ortho intramolecular Hbond substituents is 2. The topological polar surface area (TPSA) is 295 Å². The molecule has 47 heavy (non-hydrogen) atoms. The minimum Gasteiger partial charge on any atom is -0.504 e. The van der Waals surface area contributed by atoms with Crippen molar-refractivity contribution in [1.29, 1.82) is 0 Å². The fraction of sp³-hybridized carbons (Fsp3) is 0.200. The zero-order valence-electron chi connectivity index (χ0n) is 23.1. The lowest BCUT2D eigenvalue weighted by Gasteiger charge is -2.49. The summed E-state index contributed by atoms with van der Waals surface area (Å²) in [7, 11) is 0. The van der Waals surface area contributed by atoms with E-state index in [1.54, 1.807) is 0 Å². The number of carbonyl (C=O) groups is 5. The van der Waals surface area contributed by atoms with Crippen molar-refractivity contribution in [2.24, 2.45) is 5.16 Å². The zero-order chi connectivity index (χ0) is 34.2. The number of nitrogens with two attached hydrogens (primary N) is 1. The number of carbonyl (C=O) groups excluding carboxylic acids is 2. The largest absolute Gasteiger partial charge is 0.504 e. The summed E-state index contributed by atoms with van der Waals surface area (Å²) >= 11 is 3.77. The Morgan fingerprint density at radius 3 is 2.53 bits per heavy atom. The number of aliphatic carboxylic acids is 2.